The predicted octanol–water partition coefficient (Wildman–Crippen LogP) is 6.57. The predicted molar refractivity (Wildman–Crippen MR) is 143 cm³/mol. The molecule has 2 N–H and O–H groups in total. The van der Waals surface area contributed by atoms with Gasteiger partial charge in [0.25, 0.3) is 0 Å². The molecular weight excluding hydrogens is 458 g/mol. The molecule has 0 saturated carbocycles. The van der Waals surface area contributed by atoms with Gasteiger partial charge in [-0.15, -0.1) is 0 Å². The standard InChI is InChI=1S/C29H42NO4S/c1-6-11-21-16-22(12-7-2)20-26(19-21)29(31)28(30-35(32,33)34)27-24(14-9-4)17-23(13-8-3)18-25(27)15-10-5/h17-20,28,30H,6-15H2,1-5H3,(H,32,33,34). The molecule has 0 aliphatic heterocycles. The Morgan fingerprint density at radius 1 is 0.800 bits per heavy atom. The van der Waals surface area contributed by atoms with Gasteiger partial charge in [-0.25, -0.2) is 0 Å². The zero-order valence-corrected chi connectivity index (χ0v) is 22.9. The van der Waals surface area contributed by atoms with Crippen LogP contribution in [0.15, 0.2) is 24.3 Å². The summed E-state index contributed by atoms with van der Waals surface area (Å²) in [5.41, 5.74) is 6.20. The van der Waals surface area contributed by atoms with Crippen molar-refractivity contribution in [2.75, 3.05) is 0 Å². The number of nitrogens with one attached hydrogen (secondary N) is 1. The summed E-state index contributed by atoms with van der Waals surface area (Å²) in [6, 6.07) is 10.1. The highest BCUT2D eigenvalue weighted by molar-refractivity contribution is 7.83. The van der Waals surface area contributed by atoms with Crippen LogP contribution in [0.4, 0.5) is 0 Å². The van der Waals surface area contributed by atoms with Gasteiger partial charge in [-0.05, 0) is 83.7 Å². The van der Waals surface area contributed by atoms with E-state index >= 15 is 0 Å². The molecule has 35 heavy (non-hydrogen) atoms. The maximum atomic E-state index is 14.0. The molecule has 0 aromatic heterocycles. The Balaban J connectivity index is 2.76. The third kappa shape index (κ3) is 8.55. The van der Waals surface area contributed by atoms with Gasteiger partial charge in [0.15, 0.2) is 5.78 Å². The van der Waals surface area contributed by atoms with E-state index < -0.39 is 16.3 Å². The van der Waals surface area contributed by atoms with Crippen molar-refractivity contribution in [3.8, 4) is 0 Å². The van der Waals surface area contributed by atoms with E-state index in [1.807, 2.05) is 12.1 Å². The molecule has 5 nitrogen and oxygen atoms in total. The van der Waals surface area contributed by atoms with Crippen LogP contribution in [0.25, 0.3) is 0 Å². The van der Waals surface area contributed by atoms with E-state index in [0.29, 0.717) is 11.1 Å². The fourth-order valence-corrected chi connectivity index (χ4v) is 5.33. The first-order chi connectivity index (χ1) is 16.7. The molecule has 0 amide bonds. The Labute approximate surface area is 212 Å². The summed E-state index contributed by atoms with van der Waals surface area (Å²) in [5.74, 6) is -0.343. The van der Waals surface area contributed by atoms with Gasteiger partial charge in [0.05, 0.1) is 0 Å². The highest BCUT2D eigenvalue weighted by atomic mass is 32.2. The van der Waals surface area contributed by atoms with Crippen molar-refractivity contribution in [3.05, 3.63) is 69.3 Å². The van der Waals surface area contributed by atoms with Crippen LogP contribution in [-0.4, -0.2) is 18.8 Å². The average molecular weight is 501 g/mol. The summed E-state index contributed by atoms with van der Waals surface area (Å²) in [4.78, 5) is 14.0. The minimum Gasteiger partial charge on any atom is -0.292 e. The summed E-state index contributed by atoms with van der Waals surface area (Å²) in [5, 5.41) is 0. The van der Waals surface area contributed by atoms with Gasteiger partial charge in [-0.1, -0.05) is 78.9 Å². The van der Waals surface area contributed by atoms with Crippen molar-refractivity contribution in [2.45, 2.75) is 105 Å². The van der Waals surface area contributed by atoms with Crippen LogP contribution >= 0.6 is 0 Å². The van der Waals surface area contributed by atoms with Crippen LogP contribution in [0.3, 0.4) is 0 Å². The summed E-state index contributed by atoms with van der Waals surface area (Å²) in [6.07, 6.45) is 8.54. The molecule has 0 aliphatic carbocycles. The van der Waals surface area contributed by atoms with E-state index in [1.54, 1.807) is 0 Å². The molecule has 2 rings (SSSR count). The number of benzene rings is 2. The van der Waals surface area contributed by atoms with Crippen LogP contribution in [0, 0.1) is 6.07 Å². The second-order valence-corrected chi connectivity index (χ2v) is 10.6. The lowest BCUT2D eigenvalue weighted by Gasteiger charge is -2.24. The molecule has 1 radical (unpaired) electrons. The molecule has 0 fully saturated rings. The molecule has 0 saturated heterocycles. The second kappa shape index (κ2) is 13.9. The Bertz CT molecular complexity index is 1040. The highest BCUT2D eigenvalue weighted by Crippen LogP contribution is 2.31. The zero-order valence-electron chi connectivity index (χ0n) is 22.0. The van der Waals surface area contributed by atoms with Crippen LogP contribution in [0.1, 0.15) is 117 Å². The van der Waals surface area contributed by atoms with E-state index in [2.05, 4.69) is 57.5 Å². The number of aryl methyl sites for hydroxylation is 5. The first kappa shape index (κ1) is 29.2. The summed E-state index contributed by atoms with van der Waals surface area (Å²) >= 11 is 0. The first-order valence-corrected chi connectivity index (χ1v) is 14.6. The fraction of sp³-hybridized carbons (Fsp3) is 0.552. The second-order valence-electron chi connectivity index (χ2n) is 9.39. The molecule has 2 aromatic rings. The lowest BCUT2D eigenvalue weighted by Crippen LogP contribution is -2.35. The molecule has 1 atom stereocenters. The monoisotopic (exact) mass is 500 g/mol. The number of carbonyl (C=O) groups excluding carboxylic acids is 1. The highest BCUT2D eigenvalue weighted by Gasteiger charge is 2.31. The van der Waals surface area contributed by atoms with Gasteiger partial charge in [0.2, 0.25) is 0 Å². The average Bonchev–Trinajstić information content (AvgIpc) is 2.78. The molecule has 1 unspecified atom stereocenters. The topological polar surface area (TPSA) is 83.5 Å². The zero-order chi connectivity index (χ0) is 26.0. The van der Waals surface area contributed by atoms with Crippen LogP contribution in [-0.2, 0) is 42.4 Å². The molecule has 193 valence electrons. The van der Waals surface area contributed by atoms with E-state index in [0.717, 1.165) is 86.5 Å². The van der Waals surface area contributed by atoms with Crippen LogP contribution in [0.5, 0.6) is 0 Å². The molecule has 0 aliphatic rings. The van der Waals surface area contributed by atoms with Crippen molar-refractivity contribution < 1.29 is 17.8 Å². The molecule has 6 heteroatoms. The van der Waals surface area contributed by atoms with Gasteiger partial charge in [-0.3, -0.25) is 9.35 Å². The summed E-state index contributed by atoms with van der Waals surface area (Å²) < 4.78 is 36.3. The fourth-order valence-electron chi connectivity index (χ4n) is 4.81. The number of rotatable bonds is 15. The van der Waals surface area contributed by atoms with E-state index in [1.165, 1.54) is 5.56 Å². The maximum absolute atomic E-state index is 14.0. The minimum absolute atomic E-state index is 0.343. The Hall–Kier alpha value is -2.02. The normalized spacial score (nSPS) is 12.6. The summed E-state index contributed by atoms with van der Waals surface area (Å²) in [6.45, 7) is 10.4. The van der Waals surface area contributed by atoms with E-state index in [9.17, 15) is 17.8 Å². The third-order valence-corrected chi connectivity index (χ3v) is 6.64. The lowest BCUT2D eigenvalue weighted by atomic mass is 9.84. The number of Topliss-reactive ketones (excluding diaryl/α,β-unsaturated/α-hetero) is 1. The van der Waals surface area contributed by atoms with Crippen molar-refractivity contribution in [1.29, 1.82) is 0 Å². The smallest absolute Gasteiger partial charge is 0.292 e. The Morgan fingerprint density at radius 3 is 1.66 bits per heavy atom. The van der Waals surface area contributed by atoms with Gasteiger partial charge < -0.3 is 0 Å². The van der Waals surface area contributed by atoms with Gasteiger partial charge in [0.1, 0.15) is 6.04 Å². The summed E-state index contributed by atoms with van der Waals surface area (Å²) in [7, 11) is -4.63. The lowest BCUT2D eigenvalue weighted by molar-refractivity contribution is 0.0951. The molecule has 0 heterocycles. The third-order valence-electron chi connectivity index (χ3n) is 6.11. The largest absolute Gasteiger partial charge is 0.334 e. The first-order valence-electron chi connectivity index (χ1n) is 13.2. The van der Waals surface area contributed by atoms with Crippen molar-refractivity contribution >= 4 is 16.1 Å². The minimum atomic E-state index is -4.63. The van der Waals surface area contributed by atoms with Crippen LogP contribution < -0.4 is 4.72 Å². The molecule has 0 bridgehead atoms. The Morgan fingerprint density at radius 2 is 1.26 bits per heavy atom. The number of ketones is 1. The van der Waals surface area contributed by atoms with Crippen molar-refractivity contribution in [2.24, 2.45) is 0 Å². The van der Waals surface area contributed by atoms with E-state index in [-0.39, 0.29) is 5.78 Å². The SMILES string of the molecule is CCCc1[c]c(CCC)cc(C(=O)C(NS(=O)(=O)O)c2c(CCC)cc(CCC)cc2CCC)c1. The molecular formula is C29H42NO4S. The number of hydrogen-bond acceptors (Lipinski definition) is 3. The van der Waals surface area contributed by atoms with Gasteiger partial charge >= 0.3 is 10.3 Å². The van der Waals surface area contributed by atoms with Gasteiger partial charge in [0, 0.05) is 5.56 Å². The maximum Gasteiger partial charge on any atom is 0.334 e. The molecule has 2 aromatic carbocycles. The van der Waals surface area contributed by atoms with Crippen molar-refractivity contribution in [1.82, 2.24) is 4.72 Å². The van der Waals surface area contributed by atoms with E-state index in [4.69, 9.17) is 0 Å². The Kier molecular flexibility index (Phi) is 11.6. The van der Waals surface area contributed by atoms with Gasteiger partial charge in [-0.2, -0.15) is 13.1 Å². The molecule has 0 spiro atoms. The quantitative estimate of drug-likeness (QED) is 0.214. The van der Waals surface area contributed by atoms with Crippen molar-refractivity contribution in [3.63, 3.8) is 0 Å². The number of hydrogen-bond donors (Lipinski definition) is 2. The van der Waals surface area contributed by atoms with Crippen LogP contribution in [0.2, 0.25) is 0 Å². The number of carbonyl (C=O) groups is 1.